The van der Waals surface area contributed by atoms with Gasteiger partial charge in [0.25, 0.3) is 5.91 Å². The molecule has 2 amide bonds. The fourth-order valence-corrected chi connectivity index (χ4v) is 3.44. The van der Waals surface area contributed by atoms with E-state index in [1.165, 1.54) is 25.3 Å². The monoisotopic (exact) mass is 458 g/mol. The second-order valence-electron chi connectivity index (χ2n) is 7.56. The van der Waals surface area contributed by atoms with Crippen LogP contribution in [0.5, 0.6) is 5.75 Å². The van der Waals surface area contributed by atoms with Crippen molar-refractivity contribution in [2.45, 2.75) is 12.8 Å². The topological polar surface area (TPSA) is 80.6 Å². The number of hydrogen-bond acceptors (Lipinski definition) is 4. The maximum Gasteiger partial charge on any atom is 0.255 e. The van der Waals surface area contributed by atoms with Gasteiger partial charge in [-0.3, -0.25) is 9.59 Å². The second kappa shape index (κ2) is 10.5. The lowest BCUT2D eigenvalue weighted by atomic mass is 10.2. The van der Waals surface area contributed by atoms with Gasteiger partial charge in [-0.1, -0.05) is 36.4 Å². The largest absolute Gasteiger partial charge is 0.495 e. The number of carbonyl (C=O) groups excluding carboxylic acids is 2. The summed E-state index contributed by atoms with van der Waals surface area (Å²) in [6.45, 7) is 0. The molecule has 3 aromatic carbocycles. The average molecular weight is 458 g/mol. The van der Waals surface area contributed by atoms with Crippen LogP contribution in [-0.4, -0.2) is 18.9 Å². The molecule has 0 saturated carbocycles. The van der Waals surface area contributed by atoms with Crippen molar-refractivity contribution in [2.75, 3.05) is 17.7 Å². The molecule has 0 spiro atoms. The van der Waals surface area contributed by atoms with Gasteiger partial charge in [0.1, 0.15) is 23.1 Å². The van der Waals surface area contributed by atoms with Crippen LogP contribution in [0.4, 0.5) is 15.8 Å². The minimum absolute atomic E-state index is 0.171. The summed E-state index contributed by atoms with van der Waals surface area (Å²) in [5.74, 6) is 0.676. The zero-order chi connectivity index (χ0) is 23.9. The number of furan rings is 1. The summed E-state index contributed by atoms with van der Waals surface area (Å²) in [6, 6.07) is 23.8. The van der Waals surface area contributed by atoms with Crippen molar-refractivity contribution in [1.82, 2.24) is 0 Å². The highest BCUT2D eigenvalue weighted by Gasteiger charge is 2.13. The normalized spacial score (nSPS) is 10.5. The van der Waals surface area contributed by atoms with E-state index in [1.54, 1.807) is 18.2 Å². The quantitative estimate of drug-likeness (QED) is 0.344. The Kier molecular flexibility index (Phi) is 7.03. The van der Waals surface area contributed by atoms with Gasteiger partial charge in [-0.25, -0.2) is 4.39 Å². The Labute approximate surface area is 196 Å². The van der Waals surface area contributed by atoms with Gasteiger partial charge in [0.2, 0.25) is 5.91 Å². The van der Waals surface area contributed by atoms with Crippen LogP contribution in [0.25, 0.3) is 11.3 Å². The molecule has 0 saturated heterocycles. The van der Waals surface area contributed by atoms with Gasteiger partial charge in [0, 0.05) is 29.7 Å². The van der Waals surface area contributed by atoms with Crippen LogP contribution < -0.4 is 15.4 Å². The number of anilines is 2. The Hall–Kier alpha value is -4.39. The van der Waals surface area contributed by atoms with Gasteiger partial charge in [-0.2, -0.15) is 0 Å². The molecule has 0 aliphatic carbocycles. The molecule has 0 unspecified atom stereocenters. The lowest BCUT2D eigenvalue weighted by Gasteiger charge is -2.13. The van der Waals surface area contributed by atoms with Crippen molar-refractivity contribution in [1.29, 1.82) is 0 Å². The van der Waals surface area contributed by atoms with Crippen molar-refractivity contribution in [3.63, 3.8) is 0 Å². The molecule has 172 valence electrons. The summed E-state index contributed by atoms with van der Waals surface area (Å²) in [5.41, 5.74) is 1.99. The van der Waals surface area contributed by atoms with Crippen LogP contribution in [-0.2, 0) is 11.2 Å². The summed E-state index contributed by atoms with van der Waals surface area (Å²) >= 11 is 0. The SMILES string of the molecule is COc1ccc(NC(=O)CCc2ccc(-c3ccccc3)o2)cc1NC(=O)c1cccc(F)c1. The molecule has 0 aliphatic heterocycles. The van der Waals surface area contributed by atoms with Gasteiger partial charge in [-0.05, 0) is 48.5 Å². The molecule has 6 nitrogen and oxygen atoms in total. The summed E-state index contributed by atoms with van der Waals surface area (Å²) in [7, 11) is 1.47. The molecule has 2 N–H and O–H groups in total. The van der Waals surface area contributed by atoms with Crippen LogP contribution in [0.15, 0.2) is 89.3 Å². The number of ether oxygens (including phenoxy) is 1. The van der Waals surface area contributed by atoms with E-state index in [9.17, 15) is 14.0 Å². The first-order chi connectivity index (χ1) is 16.5. The van der Waals surface area contributed by atoms with Gasteiger partial charge >= 0.3 is 0 Å². The molecule has 7 heteroatoms. The highest BCUT2D eigenvalue weighted by molar-refractivity contribution is 6.05. The van der Waals surface area contributed by atoms with Gasteiger partial charge in [-0.15, -0.1) is 0 Å². The lowest BCUT2D eigenvalue weighted by Crippen LogP contribution is -2.15. The summed E-state index contributed by atoms with van der Waals surface area (Å²) in [6.07, 6.45) is 0.663. The Morgan fingerprint density at radius 1 is 0.912 bits per heavy atom. The first-order valence-corrected chi connectivity index (χ1v) is 10.7. The molecule has 1 aromatic heterocycles. The van der Waals surface area contributed by atoms with Crippen molar-refractivity contribution in [3.8, 4) is 17.1 Å². The number of rotatable bonds is 8. The van der Waals surface area contributed by atoms with Crippen molar-refractivity contribution >= 4 is 23.2 Å². The first kappa shape index (κ1) is 22.8. The fourth-order valence-electron chi connectivity index (χ4n) is 3.44. The van der Waals surface area contributed by atoms with E-state index in [0.29, 0.717) is 29.3 Å². The van der Waals surface area contributed by atoms with E-state index < -0.39 is 11.7 Å². The number of hydrogen-bond donors (Lipinski definition) is 2. The van der Waals surface area contributed by atoms with E-state index in [4.69, 9.17) is 9.15 Å². The Morgan fingerprint density at radius 3 is 2.50 bits per heavy atom. The smallest absolute Gasteiger partial charge is 0.255 e. The molecule has 0 fully saturated rings. The molecule has 1 heterocycles. The van der Waals surface area contributed by atoms with E-state index in [-0.39, 0.29) is 17.9 Å². The fraction of sp³-hybridized carbons (Fsp3) is 0.111. The first-order valence-electron chi connectivity index (χ1n) is 10.7. The third-order valence-corrected chi connectivity index (χ3v) is 5.14. The summed E-state index contributed by atoms with van der Waals surface area (Å²) < 4.78 is 24.6. The molecule has 0 radical (unpaired) electrons. The molecular weight excluding hydrogens is 435 g/mol. The predicted molar refractivity (Wildman–Crippen MR) is 128 cm³/mol. The lowest BCUT2D eigenvalue weighted by molar-refractivity contribution is -0.116. The zero-order valence-corrected chi connectivity index (χ0v) is 18.5. The molecular formula is C27H23FN2O4. The standard InChI is InChI=1S/C27H23FN2O4/c1-33-25-13-10-21(17-23(25)30-27(32)19-8-5-9-20(28)16-19)29-26(31)15-12-22-11-14-24(34-22)18-6-3-2-4-7-18/h2-11,13-14,16-17H,12,15H2,1H3,(H,29,31)(H,30,32). The van der Waals surface area contributed by atoms with E-state index in [1.807, 2.05) is 42.5 Å². The number of methoxy groups -OCH3 is 1. The number of aryl methyl sites for hydroxylation is 1. The molecule has 4 rings (SSSR count). The third-order valence-electron chi connectivity index (χ3n) is 5.14. The van der Waals surface area contributed by atoms with Gasteiger partial charge in [0.05, 0.1) is 12.8 Å². The Balaban J connectivity index is 1.38. The van der Waals surface area contributed by atoms with Crippen LogP contribution in [0, 0.1) is 5.82 Å². The number of carbonyl (C=O) groups is 2. The van der Waals surface area contributed by atoms with Crippen molar-refractivity contribution in [2.24, 2.45) is 0 Å². The highest BCUT2D eigenvalue weighted by atomic mass is 19.1. The molecule has 0 atom stereocenters. The van der Waals surface area contributed by atoms with Crippen molar-refractivity contribution < 1.29 is 23.1 Å². The number of nitrogens with one attached hydrogen (secondary N) is 2. The second-order valence-corrected chi connectivity index (χ2v) is 7.56. The molecule has 34 heavy (non-hydrogen) atoms. The van der Waals surface area contributed by atoms with Crippen LogP contribution in [0.2, 0.25) is 0 Å². The van der Waals surface area contributed by atoms with Gasteiger partial charge < -0.3 is 19.8 Å². The molecule has 0 bridgehead atoms. The molecule has 4 aromatic rings. The van der Waals surface area contributed by atoms with E-state index >= 15 is 0 Å². The summed E-state index contributed by atoms with van der Waals surface area (Å²) in [4.78, 5) is 25.0. The number of halogens is 1. The minimum Gasteiger partial charge on any atom is -0.495 e. The maximum absolute atomic E-state index is 13.4. The van der Waals surface area contributed by atoms with Crippen LogP contribution in [0.1, 0.15) is 22.5 Å². The molecule has 0 aliphatic rings. The predicted octanol–water partition coefficient (Wildman–Crippen LogP) is 5.92. The highest BCUT2D eigenvalue weighted by Crippen LogP contribution is 2.29. The van der Waals surface area contributed by atoms with E-state index in [2.05, 4.69) is 10.6 Å². The zero-order valence-electron chi connectivity index (χ0n) is 18.5. The van der Waals surface area contributed by atoms with Gasteiger partial charge in [0.15, 0.2) is 0 Å². The average Bonchev–Trinajstić information content (AvgIpc) is 3.33. The van der Waals surface area contributed by atoms with Crippen LogP contribution >= 0.6 is 0 Å². The van der Waals surface area contributed by atoms with Crippen LogP contribution in [0.3, 0.4) is 0 Å². The number of amides is 2. The summed E-state index contributed by atoms with van der Waals surface area (Å²) in [5, 5.41) is 5.51. The van der Waals surface area contributed by atoms with Crippen molar-refractivity contribution in [3.05, 3.63) is 102 Å². The maximum atomic E-state index is 13.4. The minimum atomic E-state index is -0.506. The number of benzene rings is 3. The Bertz CT molecular complexity index is 1300. The Morgan fingerprint density at radius 2 is 1.74 bits per heavy atom. The van der Waals surface area contributed by atoms with E-state index in [0.717, 1.165) is 17.4 Å². The third kappa shape index (κ3) is 5.69.